The molecule has 0 aromatic carbocycles. The summed E-state index contributed by atoms with van der Waals surface area (Å²) in [6, 6.07) is 0. The van der Waals surface area contributed by atoms with Crippen LogP contribution in [0.3, 0.4) is 0 Å². The lowest BCUT2D eigenvalue weighted by Gasteiger charge is -1.96. The van der Waals surface area contributed by atoms with Gasteiger partial charge in [-0.1, -0.05) is 6.58 Å². The normalized spacial score (nSPS) is 8.42. The highest BCUT2D eigenvalue weighted by Gasteiger charge is 1.93. The zero-order chi connectivity index (χ0) is 9.98. The van der Waals surface area contributed by atoms with E-state index in [1.165, 1.54) is 0 Å². The standard InChI is InChI=1S/C3H8O3.C3H4O2S/c4-1-3(6)2-5;1-2-3(4)5-6/h3-6H,1-2H2;2,6H,1H2. The lowest BCUT2D eigenvalue weighted by molar-refractivity contribution is -0.127. The highest BCUT2D eigenvalue weighted by Crippen LogP contribution is 1.78. The van der Waals surface area contributed by atoms with Gasteiger partial charge in [-0.2, -0.15) is 0 Å². The van der Waals surface area contributed by atoms with E-state index in [0.29, 0.717) is 0 Å². The summed E-state index contributed by atoms with van der Waals surface area (Å²) in [4.78, 5) is 9.76. The number of hydrogen-bond donors (Lipinski definition) is 4. The van der Waals surface area contributed by atoms with Gasteiger partial charge in [-0.05, 0) is 0 Å². The Kier molecular flexibility index (Phi) is 12.2. The molecule has 72 valence electrons. The predicted octanol–water partition coefficient (Wildman–Crippen LogP) is -1.11. The van der Waals surface area contributed by atoms with Crippen molar-refractivity contribution in [3.8, 4) is 0 Å². The van der Waals surface area contributed by atoms with Gasteiger partial charge in [0.2, 0.25) is 0 Å². The molecule has 12 heavy (non-hydrogen) atoms. The van der Waals surface area contributed by atoms with Crippen LogP contribution >= 0.6 is 12.9 Å². The van der Waals surface area contributed by atoms with Crippen molar-refractivity contribution in [2.24, 2.45) is 0 Å². The van der Waals surface area contributed by atoms with Crippen LogP contribution in [0.1, 0.15) is 0 Å². The van der Waals surface area contributed by atoms with Gasteiger partial charge in [0.05, 0.1) is 13.2 Å². The van der Waals surface area contributed by atoms with Gasteiger partial charge in [-0.15, -0.1) is 0 Å². The molecule has 3 N–H and O–H groups in total. The Balaban J connectivity index is 0. The number of hydrogen-bond acceptors (Lipinski definition) is 6. The van der Waals surface area contributed by atoms with Gasteiger partial charge >= 0.3 is 5.97 Å². The fraction of sp³-hybridized carbons (Fsp3) is 0.500. The second-order valence-electron chi connectivity index (χ2n) is 1.63. The minimum absolute atomic E-state index is 0.365. The van der Waals surface area contributed by atoms with E-state index in [2.05, 4.69) is 23.7 Å². The highest BCUT2D eigenvalue weighted by atomic mass is 32.1. The van der Waals surface area contributed by atoms with Gasteiger partial charge in [0, 0.05) is 19.0 Å². The molecule has 0 aliphatic rings. The first-order valence-electron chi connectivity index (χ1n) is 2.99. The second kappa shape index (κ2) is 10.4. The molecule has 0 aromatic rings. The van der Waals surface area contributed by atoms with Crippen LogP contribution in [-0.2, 0) is 8.98 Å². The maximum atomic E-state index is 9.76. The van der Waals surface area contributed by atoms with Crippen molar-refractivity contribution < 1.29 is 24.3 Å². The van der Waals surface area contributed by atoms with E-state index in [0.717, 1.165) is 6.08 Å². The minimum atomic E-state index is -0.954. The molecule has 0 fully saturated rings. The molecule has 0 aromatic heterocycles. The molecule has 0 unspecified atom stereocenters. The predicted molar refractivity (Wildman–Crippen MR) is 45.5 cm³/mol. The van der Waals surface area contributed by atoms with Crippen LogP contribution in [0.2, 0.25) is 0 Å². The van der Waals surface area contributed by atoms with E-state index in [1.807, 2.05) is 0 Å². The Morgan fingerprint density at radius 3 is 2.00 bits per heavy atom. The van der Waals surface area contributed by atoms with E-state index < -0.39 is 12.1 Å². The van der Waals surface area contributed by atoms with Crippen LogP contribution in [0.4, 0.5) is 0 Å². The van der Waals surface area contributed by atoms with Crippen molar-refractivity contribution in [2.45, 2.75) is 6.10 Å². The van der Waals surface area contributed by atoms with Crippen molar-refractivity contribution in [1.82, 2.24) is 0 Å². The van der Waals surface area contributed by atoms with Crippen LogP contribution in [0, 0.1) is 0 Å². The average molecular weight is 196 g/mol. The maximum Gasteiger partial charge on any atom is 0.341 e. The quantitative estimate of drug-likeness (QED) is 0.261. The van der Waals surface area contributed by atoms with Gasteiger partial charge in [0.15, 0.2) is 0 Å². The summed E-state index contributed by atoms with van der Waals surface area (Å²) < 4.78 is 3.84. The summed E-state index contributed by atoms with van der Waals surface area (Å²) in [6.45, 7) is 2.38. The zero-order valence-corrected chi connectivity index (χ0v) is 7.28. The number of thiol groups is 1. The van der Waals surface area contributed by atoms with Crippen LogP contribution < -0.4 is 0 Å². The van der Waals surface area contributed by atoms with E-state index >= 15 is 0 Å². The summed E-state index contributed by atoms with van der Waals surface area (Å²) >= 11 is 3.17. The minimum Gasteiger partial charge on any atom is -0.394 e. The fourth-order valence-electron chi connectivity index (χ4n) is 0.0950. The third-order valence-corrected chi connectivity index (χ3v) is 0.858. The molecule has 6 heteroatoms. The topological polar surface area (TPSA) is 87.0 Å². The number of carbonyl (C=O) groups is 1. The Hall–Kier alpha value is -0.560. The van der Waals surface area contributed by atoms with Crippen LogP contribution in [0.25, 0.3) is 0 Å². The van der Waals surface area contributed by atoms with Crippen LogP contribution in [0.5, 0.6) is 0 Å². The molecule has 0 aliphatic carbocycles. The number of carbonyl (C=O) groups excluding carboxylic acids is 1. The molecule has 0 rings (SSSR count). The van der Waals surface area contributed by atoms with Gasteiger partial charge in [0.25, 0.3) is 0 Å². The first kappa shape index (κ1) is 14.0. The van der Waals surface area contributed by atoms with Crippen molar-refractivity contribution in [1.29, 1.82) is 0 Å². The Morgan fingerprint density at radius 2 is 2.00 bits per heavy atom. The molecule has 0 spiro atoms. The molecule has 0 radical (unpaired) electrons. The van der Waals surface area contributed by atoms with Gasteiger partial charge in [0.1, 0.15) is 6.10 Å². The molecule has 0 saturated carbocycles. The first-order chi connectivity index (χ1) is 5.62. The van der Waals surface area contributed by atoms with Gasteiger partial charge < -0.3 is 19.5 Å². The second-order valence-corrected chi connectivity index (χ2v) is 1.82. The highest BCUT2D eigenvalue weighted by molar-refractivity contribution is 7.75. The fourth-order valence-corrected chi connectivity index (χ4v) is 0.170. The monoisotopic (exact) mass is 196 g/mol. The molecule has 0 saturated heterocycles. The van der Waals surface area contributed by atoms with Crippen LogP contribution in [0.15, 0.2) is 12.7 Å². The third-order valence-electron chi connectivity index (χ3n) is 0.678. The molecule has 0 amide bonds. The Morgan fingerprint density at radius 1 is 1.58 bits per heavy atom. The van der Waals surface area contributed by atoms with Crippen molar-refractivity contribution in [3.63, 3.8) is 0 Å². The molecule has 0 bridgehead atoms. The smallest absolute Gasteiger partial charge is 0.341 e. The number of aliphatic hydroxyl groups is 3. The largest absolute Gasteiger partial charge is 0.394 e. The summed E-state index contributed by atoms with van der Waals surface area (Å²) in [6.07, 6.45) is 0.0810. The van der Waals surface area contributed by atoms with Gasteiger partial charge in [-0.25, -0.2) is 4.79 Å². The lowest BCUT2D eigenvalue weighted by atomic mass is 10.4. The summed E-state index contributed by atoms with van der Waals surface area (Å²) in [7, 11) is 0. The SMILES string of the molecule is C=CC(=O)OS.OCC(O)CO. The van der Waals surface area contributed by atoms with Gasteiger partial charge in [-0.3, -0.25) is 0 Å². The van der Waals surface area contributed by atoms with Crippen molar-refractivity contribution in [2.75, 3.05) is 13.2 Å². The Labute approximate surface area is 75.9 Å². The lowest BCUT2D eigenvalue weighted by Crippen LogP contribution is -2.15. The summed E-state index contributed by atoms with van der Waals surface area (Å²) in [5.41, 5.74) is 0. The molecular formula is C6H12O5S. The molecule has 5 nitrogen and oxygen atoms in total. The van der Waals surface area contributed by atoms with Crippen molar-refractivity contribution in [3.05, 3.63) is 12.7 Å². The van der Waals surface area contributed by atoms with E-state index in [1.54, 1.807) is 0 Å². The zero-order valence-electron chi connectivity index (χ0n) is 6.38. The average Bonchev–Trinajstić information content (AvgIpc) is 2.16. The third kappa shape index (κ3) is 12.1. The van der Waals surface area contributed by atoms with Crippen molar-refractivity contribution >= 4 is 18.9 Å². The molecule has 0 heterocycles. The number of rotatable bonds is 3. The molecule has 0 aliphatic heterocycles. The molecule has 0 atom stereocenters. The maximum absolute atomic E-state index is 9.76. The summed E-state index contributed by atoms with van der Waals surface area (Å²) in [5, 5.41) is 24.0. The summed E-state index contributed by atoms with van der Waals surface area (Å²) in [5.74, 6) is -0.529. The Bertz CT molecular complexity index is 123. The molecular weight excluding hydrogens is 184 g/mol. The van der Waals surface area contributed by atoms with E-state index in [9.17, 15) is 4.79 Å². The van der Waals surface area contributed by atoms with Crippen LogP contribution in [-0.4, -0.2) is 40.6 Å². The first-order valence-corrected chi connectivity index (χ1v) is 3.36. The van der Waals surface area contributed by atoms with E-state index in [-0.39, 0.29) is 13.2 Å². The van der Waals surface area contributed by atoms with E-state index in [4.69, 9.17) is 15.3 Å². The number of aliphatic hydroxyl groups excluding tert-OH is 3.